The number of hydrogen-bond acceptors (Lipinski definition) is 5. The maximum absolute atomic E-state index is 12.0. The third kappa shape index (κ3) is 4.77. The van der Waals surface area contributed by atoms with Crippen LogP contribution in [0, 0.1) is 11.3 Å². The SMILES string of the molecule is N#CCOc1ccc(/C=C/C(=O)NCc2ccc3c(c2)OCCO3)cc1. The van der Waals surface area contributed by atoms with Crippen molar-refractivity contribution >= 4 is 12.0 Å². The van der Waals surface area contributed by atoms with E-state index in [1.54, 1.807) is 18.2 Å². The monoisotopic (exact) mass is 350 g/mol. The molecule has 26 heavy (non-hydrogen) atoms. The van der Waals surface area contributed by atoms with Crippen LogP contribution in [0.4, 0.5) is 0 Å². The molecule has 0 unspecified atom stereocenters. The van der Waals surface area contributed by atoms with Crippen LogP contribution >= 0.6 is 0 Å². The topological polar surface area (TPSA) is 80.6 Å². The molecule has 1 amide bonds. The Balaban J connectivity index is 1.50. The number of carbonyl (C=O) groups excluding carboxylic acids is 1. The fourth-order valence-corrected chi connectivity index (χ4v) is 2.41. The minimum Gasteiger partial charge on any atom is -0.486 e. The second kappa shape index (κ2) is 8.58. The van der Waals surface area contributed by atoms with E-state index in [9.17, 15) is 4.79 Å². The molecule has 2 aromatic rings. The van der Waals surface area contributed by atoms with Gasteiger partial charge in [-0.25, -0.2) is 0 Å². The van der Waals surface area contributed by atoms with Crippen molar-refractivity contribution in [1.82, 2.24) is 5.32 Å². The number of nitriles is 1. The highest BCUT2D eigenvalue weighted by molar-refractivity contribution is 5.91. The zero-order chi connectivity index (χ0) is 18.2. The summed E-state index contributed by atoms with van der Waals surface area (Å²) < 4.78 is 16.2. The van der Waals surface area contributed by atoms with Gasteiger partial charge >= 0.3 is 0 Å². The molecule has 6 heteroatoms. The molecule has 1 aliphatic rings. The first-order valence-corrected chi connectivity index (χ1v) is 8.19. The van der Waals surface area contributed by atoms with Gasteiger partial charge < -0.3 is 19.5 Å². The van der Waals surface area contributed by atoms with Crippen LogP contribution in [0.15, 0.2) is 48.5 Å². The summed E-state index contributed by atoms with van der Waals surface area (Å²) in [4.78, 5) is 12.0. The van der Waals surface area contributed by atoms with Crippen LogP contribution in [0.3, 0.4) is 0 Å². The van der Waals surface area contributed by atoms with Gasteiger partial charge in [0.05, 0.1) is 0 Å². The van der Waals surface area contributed by atoms with E-state index in [0.29, 0.717) is 31.3 Å². The number of rotatable bonds is 6. The summed E-state index contributed by atoms with van der Waals surface area (Å²) >= 11 is 0. The maximum Gasteiger partial charge on any atom is 0.244 e. The van der Waals surface area contributed by atoms with E-state index in [1.165, 1.54) is 6.08 Å². The van der Waals surface area contributed by atoms with Gasteiger partial charge in [0.25, 0.3) is 0 Å². The van der Waals surface area contributed by atoms with Crippen molar-refractivity contribution in [3.05, 3.63) is 59.7 Å². The maximum atomic E-state index is 12.0. The van der Waals surface area contributed by atoms with Crippen molar-refractivity contribution < 1.29 is 19.0 Å². The lowest BCUT2D eigenvalue weighted by Gasteiger charge is -2.18. The van der Waals surface area contributed by atoms with Crippen LogP contribution in [0.25, 0.3) is 6.08 Å². The van der Waals surface area contributed by atoms with Crippen molar-refractivity contribution in [3.8, 4) is 23.3 Å². The number of ether oxygens (including phenoxy) is 3. The highest BCUT2D eigenvalue weighted by atomic mass is 16.6. The normalized spacial score (nSPS) is 12.4. The van der Waals surface area contributed by atoms with Crippen LogP contribution in [0.5, 0.6) is 17.2 Å². The highest BCUT2D eigenvalue weighted by Gasteiger charge is 2.11. The zero-order valence-corrected chi connectivity index (χ0v) is 14.1. The Morgan fingerprint density at radius 3 is 2.69 bits per heavy atom. The van der Waals surface area contributed by atoms with Gasteiger partial charge in [-0.05, 0) is 41.5 Å². The summed E-state index contributed by atoms with van der Waals surface area (Å²) in [6, 6.07) is 14.7. The van der Waals surface area contributed by atoms with Crippen LogP contribution in [0.1, 0.15) is 11.1 Å². The molecule has 1 N–H and O–H groups in total. The minimum atomic E-state index is -0.190. The van der Waals surface area contributed by atoms with E-state index >= 15 is 0 Å². The number of benzene rings is 2. The van der Waals surface area contributed by atoms with E-state index in [4.69, 9.17) is 19.5 Å². The number of hydrogen-bond donors (Lipinski definition) is 1. The first-order chi connectivity index (χ1) is 12.7. The van der Waals surface area contributed by atoms with Crippen molar-refractivity contribution in [2.75, 3.05) is 19.8 Å². The first-order valence-electron chi connectivity index (χ1n) is 8.19. The predicted molar refractivity (Wildman–Crippen MR) is 95.9 cm³/mol. The van der Waals surface area contributed by atoms with E-state index in [1.807, 2.05) is 36.4 Å². The summed E-state index contributed by atoms with van der Waals surface area (Å²) in [6.07, 6.45) is 3.19. The third-order valence-electron chi connectivity index (χ3n) is 3.68. The minimum absolute atomic E-state index is 0.0114. The van der Waals surface area contributed by atoms with Gasteiger partial charge in [0.1, 0.15) is 25.0 Å². The van der Waals surface area contributed by atoms with Gasteiger partial charge in [-0.3, -0.25) is 4.79 Å². The summed E-state index contributed by atoms with van der Waals surface area (Å²) in [6.45, 7) is 1.50. The Hall–Kier alpha value is -3.46. The Labute approximate surface area is 151 Å². The zero-order valence-electron chi connectivity index (χ0n) is 14.1. The molecule has 0 spiro atoms. The lowest BCUT2D eigenvalue weighted by Crippen LogP contribution is -2.20. The molecular formula is C20H18N2O4. The Kier molecular flexibility index (Phi) is 5.73. The Morgan fingerprint density at radius 1 is 1.15 bits per heavy atom. The van der Waals surface area contributed by atoms with Gasteiger partial charge in [-0.2, -0.15) is 5.26 Å². The molecule has 2 aromatic carbocycles. The smallest absolute Gasteiger partial charge is 0.244 e. The molecular weight excluding hydrogens is 332 g/mol. The second-order valence-electron chi connectivity index (χ2n) is 5.54. The van der Waals surface area contributed by atoms with Crippen LogP contribution in [-0.4, -0.2) is 25.7 Å². The van der Waals surface area contributed by atoms with Gasteiger partial charge in [-0.15, -0.1) is 0 Å². The summed E-state index contributed by atoms with van der Waals surface area (Å²) in [5.74, 6) is 1.86. The number of nitrogens with zero attached hydrogens (tertiary/aromatic N) is 1. The number of amides is 1. The number of carbonyl (C=O) groups is 1. The third-order valence-corrected chi connectivity index (χ3v) is 3.68. The molecule has 1 heterocycles. The van der Waals surface area contributed by atoms with Crippen LogP contribution in [0.2, 0.25) is 0 Å². The quantitative estimate of drug-likeness (QED) is 0.810. The van der Waals surface area contributed by atoms with Gasteiger partial charge in [0, 0.05) is 12.6 Å². The van der Waals surface area contributed by atoms with E-state index in [-0.39, 0.29) is 12.5 Å². The molecule has 0 saturated heterocycles. The van der Waals surface area contributed by atoms with E-state index < -0.39 is 0 Å². The fraction of sp³-hybridized carbons (Fsp3) is 0.200. The molecule has 0 aromatic heterocycles. The molecule has 0 fully saturated rings. The van der Waals surface area contributed by atoms with E-state index in [0.717, 1.165) is 16.9 Å². The number of nitrogens with one attached hydrogen (secondary N) is 1. The van der Waals surface area contributed by atoms with Gasteiger partial charge in [0.15, 0.2) is 18.1 Å². The molecule has 6 nitrogen and oxygen atoms in total. The average molecular weight is 350 g/mol. The average Bonchev–Trinajstić information content (AvgIpc) is 2.69. The lowest BCUT2D eigenvalue weighted by molar-refractivity contribution is -0.116. The van der Waals surface area contributed by atoms with Crippen molar-refractivity contribution in [2.45, 2.75) is 6.54 Å². The van der Waals surface area contributed by atoms with Crippen LogP contribution < -0.4 is 19.5 Å². The highest BCUT2D eigenvalue weighted by Crippen LogP contribution is 2.30. The first kappa shape index (κ1) is 17.4. The summed E-state index contributed by atoms with van der Waals surface area (Å²) in [5, 5.41) is 11.3. The molecule has 3 rings (SSSR count). The van der Waals surface area contributed by atoms with E-state index in [2.05, 4.69) is 5.32 Å². The van der Waals surface area contributed by atoms with Crippen molar-refractivity contribution in [1.29, 1.82) is 5.26 Å². The molecule has 1 aliphatic heterocycles. The Morgan fingerprint density at radius 2 is 1.92 bits per heavy atom. The molecule has 0 atom stereocenters. The summed E-state index contributed by atoms with van der Waals surface area (Å²) in [5.41, 5.74) is 1.80. The molecule has 0 radical (unpaired) electrons. The standard InChI is InChI=1S/C20H18N2O4/c21-9-10-24-17-5-1-15(2-6-17)4-8-20(23)22-14-16-3-7-18-19(13-16)26-12-11-25-18/h1-8,13H,10-12,14H2,(H,22,23)/b8-4+. The van der Waals surface area contributed by atoms with Crippen molar-refractivity contribution in [2.24, 2.45) is 0 Å². The van der Waals surface area contributed by atoms with Crippen LogP contribution in [-0.2, 0) is 11.3 Å². The van der Waals surface area contributed by atoms with Gasteiger partial charge in [0.2, 0.25) is 5.91 Å². The van der Waals surface area contributed by atoms with Gasteiger partial charge in [-0.1, -0.05) is 18.2 Å². The second-order valence-corrected chi connectivity index (χ2v) is 5.54. The Bertz CT molecular complexity index is 838. The largest absolute Gasteiger partial charge is 0.486 e. The molecule has 0 saturated carbocycles. The number of fused-ring (bicyclic) bond motifs is 1. The predicted octanol–water partition coefficient (Wildman–Crippen LogP) is 2.69. The molecule has 0 bridgehead atoms. The fourth-order valence-electron chi connectivity index (χ4n) is 2.41. The summed E-state index contributed by atoms with van der Waals surface area (Å²) in [7, 11) is 0. The molecule has 132 valence electrons. The lowest BCUT2D eigenvalue weighted by atomic mass is 10.2. The molecule has 0 aliphatic carbocycles. The van der Waals surface area contributed by atoms with Crippen molar-refractivity contribution in [3.63, 3.8) is 0 Å².